The molecule has 2 bridgehead atoms. The van der Waals surface area contributed by atoms with Crippen LogP contribution in [0.4, 0.5) is 0 Å². The predicted molar refractivity (Wildman–Crippen MR) is 73.4 cm³/mol. The summed E-state index contributed by atoms with van der Waals surface area (Å²) in [7, 11) is 0. The van der Waals surface area contributed by atoms with E-state index in [1.54, 1.807) is 12.5 Å². The van der Waals surface area contributed by atoms with E-state index >= 15 is 0 Å². The Balaban J connectivity index is 1.86. The van der Waals surface area contributed by atoms with Gasteiger partial charge in [-0.1, -0.05) is 20.8 Å². The number of nitrogens with zero attached hydrogens (tertiary/aromatic N) is 2. The second kappa shape index (κ2) is 3.92. The highest BCUT2D eigenvalue weighted by Crippen LogP contribution is 2.66. The average Bonchev–Trinajstić information content (AvgIpc) is 2.65. The molecule has 0 aliphatic heterocycles. The Morgan fingerprint density at radius 2 is 2.17 bits per heavy atom. The fourth-order valence-electron chi connectivity index (χ4n) is 3.83. The first kappa shape index (κ1) is 12.4. The lowest BCUT2D eigenvalue weighted by molar-refractivity contribution is 0.0267. The number of fused-ring (bicyclic) bond motifs is 2. The van der Waals surface area contributed by atoms with Crippen LogP contribution in [0.1, 0.15) is 40.0 Å². The molecule has 4 heteroatoms. The minimum absolute atomic E-state index is 0.266. The molecule has 2 fully saturated rings. The van der Waals surface area contributed by atoms with Crippen LogP contribution in [0.5, 0.6) is 5.88 Å². The molecule has 0 N–H and O–H groups in total. The summed E-state index contributed by atoms with van der Waals surface area (Å²) in [6.45, 7) is 7.16. The molecule has 0 spiro atoms. The Morgan fingerprint density at radius 3 is 2.72 bits per heavy atom. The predicted octanol–water partition coefficient (Wildman–Crippen LogP) is 3.83. The number of ether oxygens (including phenoxy) is 1. The lowest BCUT2D eigenvalue weighted by Gasteiger charge is -2.38. The molecule has 1 aromatic heterocycles. The summed E-state index contributed by atoms with van der Waals surface area (Å²) < 4.78 is 7.02. The maximum Gasteiger partial charge on any atom is 0.231 e. The third-order valence-corrected chi connectivity index (χ3v) is 6.15. The fraction of sp³-hybridized carbons (Fsp3) is 0.714. The van der Waals surface area contributed by atoms with Crippen LogP contribution in [0.2, 0.25) is 0 Å². The average molecular weight is 311 g/mol. The molecule has 3 rings (SSSR count). The summed E-state index contributed by atoms with van der Waals surface area (Å²) in [5.74, 6) is 1.47. The van der Waals surface area contributed by atoms with Gasteiger partial charge in [0.1, 0.15) is 12.4 Å². The van der Waals surface area contributed by atoms with Crippen molar-refractivity contribution in [2.75, 3.05) is 0 Å². The fourth-order valence-corrected chi connectivity index (χ4v) is 4.15. The van der Waals surface area contributed by atoms with Gasteiger partial charge in [-0.2, -0.15) is 0 Å². The van der Waals surface area contributed by atoms with E-state index in [4.69, 9.17) is 4.74 Å². The molecule has 3 unspecified atom stereocenters. The van der Waals surface area contributed by atoms with Gasteiger partial charge >= 0.3 is 0 Å². The van der Waals surface area contributed by atoms with Crippen LogP contribution in [-0.2, 0) is 0 Å². The quantitative estimate of drug-likeness (QED) is 0.832. The maximum atomic E-state index is 6.18. The molecule has 2 aliphatic carbocycles. The molecule has 0 radical (unpaired) electrons. The van der Waals surface area contributed by atoms with E-state index in [-0.39, 0.29) is 11.5 Å². The van der Waals surface area contributed by atoms with E-state index in [1.807, 2.05) is 0 Å². The first-order valence-electron chi connectivity index (χ1n) is 6.57. The molecule has 0 aromatic carbocycles. The zero-order valence-electron chi connectivity index (χ0n) is 11.1. The number of rotatable bonds is 2. The van der Waals surface area contributed by atoms with Crippen LogP contribution in [-0.4, -0.2) is 16.1 Å². The van der Waals surface area contributed by atoms with Gasteiger partial charge in [-0.15, -0.1) is 0 Å². The van der Waals surface area contributed by atoms with Gasteiger partial charge in [0.25, 0.3) is 0 Å². The van der Waals surface area contributed by atoms with E-state index in [2.05, 4.69) is 46.7 Å². The summed E-state index contributed by atoms with van der Waals surface area (Å²) in [5, 5.41) is 0. The molecule has 0 amide bonds. The minimum atomic E-state index is 0.266. The molecular formula is C14H19BrN2O. The van der Waals surface area contributed by atoms with Crippen molar-refractivity contribution in [2.24, 2.45) is 16.7 Å². The van der Waals surface area contributed by atoms with Gasteiger partial charge in [-0.25, -0.2) is 9.97 Å². The molecule has 3 nitrogen and oxygen atoms in total. The highest BCUT2D eigenvalue weighted by molar-refractivity contribution is 9.10. The molecule has 18 heavy (non-hydrogen) atoms. The maximum absolute atomic E-state index is 6.18. The zero-order valence-corrected chi connectivity index (χ0v) is 12.7. The highest BCUT2D eigenvalue weighted by atomic mass is 79.9. The largest absolute Gasteiger partial charge is 0.473 e. The highest BCUT2D eigenvalue weighted by Gasteiger charge is 2.62. The lowest BCUT2D eigenvalue weighted by atomic mass is 9.70. The van der Waals surface area contributed by atoms with Gasteiger partial charge < -0.3 is 4.74 Å². The summed E-state index contributed by atoms with van der Waals surface area (Å²) in [6, 6.07) is 0. The number of aromatic nitrogens is 2. The smallest absolute Gasteiger partial charge is 0.231 e. The number of hydrogen-bond acceptors (Lipinski definition) is 3. The summed E-state index contributed by atoms with van der Waals surface area (Å²) >= 11 is 3.45. The van der Waals surface area contributed by atoms with Crippen LogP contribution in [0.3, 0.4) is 0 Å². The van der Waals surface area contributed by atoms with E-state index in [0.29, 0.717) is 11.3 Å². The van der Waals surface area contributed by atoms with Gasteiger partial charge in [0, 0.05) is 11.6 Å². The molecule has 3 atom stereocenters. The third kappa shape index (κ3) is 1.54. The van der Waals surface area contributed by atoms with E-state index in [0.717, 1.165) is 16.8 Å². The molecule has 0 saturated heterocycles. The van der Waals surface area contributed by atoms with Crippen molar-refractivity contribution in [3.8, 4) is 5.88 Å². The van der Waals surface area contributed by atoms with Crippen molar-refractivity contribution in [2.45, 2.75) is 46.1 Å². The summed E-state index contributed by atoms with van der Waals surface area (Å²) in [5.41, 5.74) is 0.638. The molecule has 2 saturated carbocycles. The molecule has 98 valence electrons. The Labute approximate surface area is 116 Å². The summed E-state index contributed by atoms with van der Waals surface area (Å²) in [6.07, 6.45) is 7.31. The summed E-state index contributed by atoms with van der Waals surface area (Å²) in [4.78, 5) is 8.20. The number of hydrogen-bond donors (Lipinski definition) is 0. The Bertz CT molecular complexity index is 477. The normalized spacial score (nSPS) is 36.9. The molecule has 1 heterocycles. The van der Waals surface area contributed by atoms with Crippen LogP contribution < -0.4 is 4.74 Å². The van der Waals surface area contributed by atoms with E-state index < -0.39 is 0 Å². The van der Waals surface area contributed by atoms with Crippen molar-refractivity contribution < 1.29 is 4.74 Å². The van der Waals surface area contributed by atoms with Gasteiger partial charge in [-0.05, 0) is 46.5 Å². The molecule has 1 aromatic rings. The first-order valence-corrected chi connectivity index (χ1v) is 7.36. The SMILES string of the molecule is CC1(C)C2CCC1(C)C(Oc1ncncc1Br)C2. The van der Waals surface area contributed by atoms with E-state index in [9.17, 15) is 0 Å². The van der Waals surface area contributed by atoms with Crippen molar-refractivity contribution in [3.63, 3.8) is 0 Å². The lowest BCUT2D eigenvalue weighted by Crippen LogP contribution is -2.39. The Hall–Kier alpha value is -0.640. The van der Waals surface area contributed by atoms with Gasteiger partial charge in [-0.3, -0.25) is 0 Å². The van der Waals surface area contributed by atoms with Gasteiger partial charge in [0.05, 0.1) is 4.47 Å². The second-order valence-electron chi connectivity index (χ2n) is 6.39. The van der Waals surface area contributed by atoms with Crippen molar-refractivity contribution in [3.05, 3.63) is 17.0 Å². The van der Waals surface area contributed by atoms with E-state index in [1.165, 1.54) is 12.8 Å². The molecule has 2 aliphatic rings. The second-order valence-corrected chi connectivity index (χ2v) is 7.25. The van der Waals surface area contributed by atoms with Crippen LogP contribution in [0.15, 0.2) is 17.0 Å². The standard InChI is InChI=1S/C14H19BrN2O/c1-13(2)9-4-5-14(13,3)11(6-9)18-12-10(15)7-16-8-17-12/h7-9,11H,4-6H2,1-3H3. The minimum Gasteiger partial charge on any atom is -0.473 e. The zero-order chi connectivity index (χ0) is 13.0. The third-order valence-electron chi connectivity index (χ3n) is 5.60. The van der Waals surface area contributed by atoms with Crippen molar-refractivity contribution in [1.29, 1.82) is 0 Å². The van der Waals surface area contributed by atoms with Crippen LogP contribution in [0.25, 0.3) is 0 Å². The monoisotopic (exact) mass is 310 g/mol. The Kier molecular flexibility index (Phi) is 2.70. The van der Waals surface area contributed by atoms with Crippen molar-refractivity contribution >= 4 is 15.9 Å². The van der Waals surface area contributed by atoms with Crippen LogP contribution >= 0.6 is 15.9 Å². The topological polar surface area (TPSA) is 35.0 Å². The van der Waals surface area contributed by atoms with Gasteiger partial charge in [0.15, 0.2) is 0 Å². The first-order chi connectivity index (χ1) is 8.45. The van der Waals surface area contributed by atoms with Crippen LogP contribution in [0, 0.1) is 16.7 Å². The van der Waals surface area contributed by atoms with Crippen molar-refractivity contribution in [1.82, 2.24) is 9.97 Å². The Morgan fingerprint density at radius 1 is 1.39 bits per heavy atom. The molecular weight excluding hydrogens is 292 g/mol. The number of halogens is 1. The van der Waals surface area contributed by atoms with Gasteiger partial charge in [0.2, 0.25) is 5.88 Å².